The van der Waals surface area contributed by atoms with Crippen molar-refractivity contribution in [2.45, 2.75) is 13.0 Å². The van der Waals surface area contributed by atoms with Gasteiger partial charge in [0.05, 0.1) is 17.7 Å². The van der Waals surface area contributed by atoms with Gasteiger partial charge in [-0.2, -0.15) is 0 Å². The Kier molecular flexibility index (Phi) is 4.90. The third-order valence-corrected chi connectivity index (χ3v) is 5.27. The number of nitrogens with zero attached hydrogens (tertiary/aromatic N) is 2. The molecule has 2 aromatic heterocycles. The van der Waals surface area contributed by atoms with Crippen LogP contribution in [0.1, 0.15) is 21.6 Å². The topological polar surface area (TPSA) is 83.7 Å². The zero-order chi connectivity index (χ0) is 19.5. The fraction of sp³-hybridized carbons (Fsp3) is 0.0952. The molecule has 0 aliphatic rings. The van der Waals surface area contributed by atoms with E-state index in [0.717, 1.165) is 27.5 Å². The Morgan fingerprint density at radius 1 is 1.07 bits per heavy atom. The van der Waals surface area contributed by atoms with Crippen molar-refractivity contribution in [2.24, 2.45) is 0 Å². The number of aromatic carboxylic acids is 1. The van der Waals surface area contributed by atoms with Gasteiger partial charge in [-0.15, -0.1) is 11.3 Å². The van der Waals surface area contributed by atoms with E-state index in [-0.39, 0.29) is 17.9 Å². The number of carbonyl (C=O) groups excluding carboxylic acids is 1. The summed E-state index contributed by atoms with van der Waals surface area (Å²) in [7, 11) is 0. The van der Waals surface area contributed by atoms with Gasteiger partial charge in [-0.05, 0) is 17.7 Å². The van der Waals surface area contributed by atoms with Crippen LogP contribution in [0, 0.1) is 0 Å². The van der Waals surface area contributed by atoms with Crippen LogP contribution >= 0.6 is 11.3 Å². The van der Waals surface area contributed by atoms with Crippen molar-refractivity contribution >= 4 is 28.2 Å². The highest BCUT2D eigenvalue weighted by atomic mass is 32.1. The van der Waals surface area contributed by atoms with Crippen LogP contribution in [0.25, 0.3) is 16.2 Å². The van der Waals surface area contributed by atoms with Crippen molar-refractivity contribution < 1.29 is 14.7 Å². The van der Waals surface area contributed by atoms with E-state index in [9.17, 15) is 9.59 Å². The Morgan fingerprint density at radius 2 is 1.82 bits per heavy atom. The van der Waals surface area contributed by atoms with Gasteiger partial charge in [0.25, 0.3) is 0 Å². The molecule has 0 unspecified atom stereocenters. The van der Waals surface area contributed by atoms with Crippen molar-refractivity contribution in [1.29, 1.82) is 0 Å². The first kappa shape index (κ1) is 17.9. The molecule has 140 valence electrons. The Morgan fingerprint density at radius 3 is 2.54 bits per heavy atom. The number of aromatic nitrogens is 2. The van der Waals surface area contributed by atoms with E-state index < -0.39 is 5.97 Å². The number of rotatable bonds is 6. The van der Waals surface area contributed by atoms with E-state index >= 15 is 0 Å². The number of nitrogens with one attached hydrogen (secondary N) is 1. The average Bonchev–Trinajstić information content (AvgIpc) is 3.29. The van der Waals surface area contributed by atoms with Gasteiger partial charge in [-0.1, -0.05) is 42.5 Å². The molecule has 4 aromatic rings. The van der Waals surface area contributed by atoms with Crippen molar-refractivity contribution in [3.8, 4) is 11.3 Å². The standard InChI is InChI=1S/C21H17N3O3S/c25-19(22-11-14-6-8-16(9-7-14)20(26)27)10-17-13-28-21-23-18(12-24(17)21)15-4-2-1-3-5-15/h1-9,12-13H,10-11H2,(H,22,25)(H,26,27). The van der Waals surface area contributed by atoms with Crippen LogP contribution < -0.4 is 5.32 Å². The number of amides is 1. The quantitative estimate of drug-likeness (QED) is 0.526. The third kappa shape index (κ3) is 3.79. The Labute approximate surface area is 165 Å². The summed E-state index contributed by atoms with van der Waals surface area (Å²) in [5.41, 5.74) is 3.88. The number of hydrogen-bond acceptors (Lipinski definition) is 4. The number of fused-ring (bicyclic) bond motifs is 1. The number of thiazole rings is 1. The molecule has 1 amide bonds. The highest BCUT2D eigenvalue weighted by Crippen LogP contribution is 2.23. The molecule has 0 bridgehead atoms. The first-order valence-corrected chi connectivity index (χ1v) is 9.58. The molecule has 0 saturated carbocycles. The molecule has 7 heteroatoms. The molecule has 0 fully saturated rings. The summed E-state index contributed by atoms with van der Waals surface area (Å²) in [5.74, 6) is -1.07. The second-order valence-corrected chi connectivity index (χ2v) is 7.16. The SMILES string of the molecule is O=C(Cc1csc2nc(-c3ccccc3)cn12)NCc1ccc(C(=O)O)cc1. The van der Waals surface area contributed by atoms with E-state index in [4.69, 9.17) is 5.11 Å². The summed E-state index contributed by atoms with van der Waals surface area (Å²) in [6.07, 6.45) is 2.20. The molecule has 6 nitrogen and oxygen atoms in total. The number of benzene rings is 2. The van der Waals surface area contributed by atoms with Crippen LogP contribution in [0.3, 0.4) is 0 Å². The molecular weight excluding hydrogens is 374 g/mol. The van der Waals surface area contributed by atoms with Crippen LogP contribution in [0.5, 0.6) is 0 Å². The Balaban J connectivity index is 1.42. The molecule has 0 atom stereocenters. The summed E-state index contributed by atoms with van der Waals surface area (Å²) in [4.78, 5) is 28.7. The third-order valence-electron chi connectivity index (χ3n) is 4.39. The number of carboxylic acids is 1. The van der Waals surface area contributed by atoms with Crippen molar-refractivity contribution in [3.63, 3.8) is 0 Å². The molecule has 0 saturated heterocycles. The van der Waals surface area contributed by atoms with Crippen molar-refractivity contribution in [2.75, 3.05) is 0 Å². The summed E-state index contributed by atoms with van der Waals surface area (Å²) < 4.78 is 1.95. The van der Waals surface area contributed by atoms with Gasteiger partial charge >= 0.3 is 5.97 Å². The van der Waals surface area contributed by atoms with Crippen LogP contribution in [-0.2, 0) is 17.8 Å². The predicted octanol–water partition coefficient (Wildman–Crippen LogP) is 3.62. The van der Waals surface area contributed by atoms with E-state index in [1.54, 1.807) is 12.1 Å². The van der Waals surface area contributed by atoms with Gasteiger partial charge in [-0.25, -0.2) is 9.78 Å². The van der Waals surface area contributed by atoms with Gasteiger partial charge in [0, 0.05) is 29.4 Å². The normalized spacial score (nSPS) is 10.9. The van der Waals surface area contributed by atoms with E-state index in [2.05, 4.69) is 10.3 Å². The van der Waals surface area contributed by atoms with Crippen LogP contribution in [-0.4, -0.2) is 26.4 Å². The highest BCUT2D eigenvalue weighted by Gasteiger charge is 2.12. The second kappa shape index (κ2) is 7.66. The molecule has 0 aliphatic carbocycles. The lowest BCUT2D eigenvalue weighted by Gasteiger charge is -2.05. The summed E-state index contributed by atoms with van der Waals surface area (Å²) >= 11 is 1.51. The summed E-state index contributed by atoms with van der Waals surface area (Å²) in [5, 5.41) is 13.7. The van der Waals surface area contributed by atoms with Gasteiger partial charge < -0.3 is 10.4 Å². The minimum absolute atomic E-state index is 0.100. The highest BCUT2D eigenvalue weighted by molar-refractivity contribution is 7.15. The molecule has 0 spiro atoms. The first-order valence-electron chi connectivity index (χ1n) is 8.70. The van der Waals surface area contributed by atoms with Gasteiger partial charge in [0.2, 0.25) is 5.91 Å². The minimum atomic E-state index is -0.965. The maximum atomic E-state index is 12.3. The fourth-order valence-electron chi connectivity index (χ4n) is 2.90. The molecule has 2 N–H and O–H groups in total. The molecule has 2 aromatic carbocycles. The number of carboxylic acid groups (broad SMARTS) is 1. The van der Waals surface area contributed by atoms with E-state index in [0.29, 0.717) is 6.54 Å². The lowest BCUT2D eigenvalue weighted by Crippen LogP contribution is -2.25. The van der Waals surface area contributed by atoms with Crippen LogP contribution in [0.4, 0.5) is 0 Å². The molecule has 0 aliphatic heterocycles. The Bertz CT molecular complexity index is 1130. The number of imidazole rings is 1. The van der Waals surface area contributed by atoms with Gasteiger partial charge in [0.15, 0.2) is 4.96 Å². The lowest BCUT2D eigenvalue weighted by atomic mass is 10.1. The molecule has 28 heavy (non-hydrogen) atoms. The van der Waals surface area contributed by atoms with Crippen molar-refractivity contribution in [3.05, 3.63) is 83.0 Å². The van der Waals surface area contributed by atoms with Gasteiger partial charge in [-0.3, -0.25) is 9.20 Å². The van der Waals surface area contributed by atoms with E-state index in [1.807, 2.05) is 46.3 Å². The number of carbonyl (C=O) groups is 2. The molecule has 2 heterocycles. The largest absolute Gasteiger partial charge is 0.478 e. The minimum Gasteiger partial charge on any atom is -0.478 e. The molecular formula is C21H17N3O3S. The summed E-state index contributed by atoms with van der Waals surface area (Å²) in [6.45, 7) is 0.352. The lowest BCUT2D eigenvalue weighted by molar-refractivity contribution is -0.120. The predicted molar refractivity (Wildman–Crippen MR) is 107 cm³/mol. The molecule has 4 rings (SSSR count). The van der Waals surface area contributed by atoms with E-state index in [1.165, 1.54) is 23.5 Å². The second-order valence-electron chi connectivity index (χ2n) is 6.33. The monoisotopic (exact) mass is 391 g/mol. The van der Waals surface area contributed by atoms with Crippen LogP contribution in [0.2, 0.25) is 0 Å². The van der Waals surface area contributed by atoms with Crippen molar-refractivity contribution in [1.82, 2.24) is 14.7 Å². The fourth-order valence-corrected chi connectivity index (χ4v) is 3.77. The Hall–Kier alpha value is -3.45. The maximum absolute atomic E-state index is 12.3. The number of hydrogen-bond donors (Lipinski definition) is 2. The van der Waals surface area contributed by atoms with Crippen LogP contribution in [0.15, 0.2) is 66.2 Å². The van der Waals surface area contributed by atoms with Gasteiger partial charge in [0.1, 0.15) is 0 Å². The smallest absolute Gasteiger partial charge is 0.335 e. The zero-order valence-electron chi connectivity index (χ0n) is 14.8. The molecule has 0 radical (unpaired) electrons. The zero-order valence-corrected chi connectivity index (χ0v) is 15.6. The first-order chi connectivity index (χ1) is 13.6. The maximum Gasteiger partial charge on any atom is 0.335 e. The average molecular weight is 391 g/mol. The summed E-state index contributed by atoms with van der Waals surface area (Å²) in [6, 6.07) is 16.4.